The highest BCUT2D eigenvalue weighted by molar-refractivity contribution is 5.73. The fourth-order valence-electron chi connectivity index (χ4n) is 4.74. The Bertz CT molecular complexity index is 1140. The molecule has 0 aliphatic heterocycles. The molecular weight excluding hydrogens is 438 g/mol. The van der Waals surface area contributed by atoms with Crippen LogP contribution in [0.3, 0.4) is 0 Å². The number of hydrogen-bond donors (Lipinski definition) is 3. The van der Waals surface area contributed by atoms with Crippen molar-refractivity contribution in [2.75, 3.05) is 6.54 Å². The summed E-state index contributed by atoms with van der Waals surface area (Å²) in [5, 5.41) is 17.1. The van der Waals surface area contributed by atoms with E-state index in [1.54, 1.807) is 6.33 Å². The zero-order valence-electron chi connectivity index (χ0n) is 19.4. The topological polar surface area (TPSA) is 79.2 Å². The predicted octanol–water partition coefficient (Wildman–Crippen LogP) is 3.44. The van der Waals surface area contributed by atoms with Crippen molar-refractivity contribution in [1.82, 2.24) is 20.2 Å². The van der Waals surface area contributed by atoms with Crippen LogP contribution in [0.4, 0.5) is 8.78 Å². The molecule has 3 N–H and O–H groups in total. The first-order valence-corrected chi connectivity index (χ1v) is 11.5. The quantitative estimate of drug-likeness (QED) is 0.473. The fourth-order valence-corrected chi connectivity index (χ4v) is 4.74. The fraction of sp³-hybridized carbons (Fsp3) is 0.385. The molecular formula is C26H30F2N4O2. The lowest BCUT2D eigenvalue weighted by molar-refractivity contribution is -0.120. The van der Waals surface area contributed by atoms with Crippen molar-refractivity contribution in [3.63, 3.8) is 0 Å². The zero-order chi connectivity index (χ0) is 24.2. The van der Waals surface area contributed by atoms with E-state index in [9.17, 15) is 18.7 Å². The minimum Gasteiger partial charge on any atom is -0.390 e. The number of rotatable bonds is 8. The van der Waals surface area contributed by atoms with Crippen LogP contribution >= 0.6 is 0 Å². The van der Waals surface area contributed by atoms with Gasteiger partial charge in [-0.3, -0.25) is 4.79 Å². The molecule has 0 fully saturated rings. The molecule has 3 aromatic rings. The van der Waals surface area contributed by atoms with Gasteiger partial charge in [0.2, 0.25) is 5.91 Å². The number of amides is 1. The predicted molar refractivity (Wildman–Crippen MR) is 126 cm³/mol. The lowest BCUT2D eigenvalue weighted by atomic mass is 9.86. The molecule has 1 aliphatic rings. The van der Waals surface area contributed by atoms with Crippen LogP contribution in [0.15, 0.2) is 48.9 Å². The van der Waals surface area contributed by atoms with Crippen molar-refractivity contribution >= 4 is 5.91 Å². The Morgan fingerprint density at radius 2 is 2.00 bits per heavy atom. The second-order valence-corrected chi connectivity index (χ2v) is 9.01. The summed E-state index contributed by atoms with van der Waals surface area (Å²) in [6, 6.07) is 9.04. The largest absolute Gasteiger partial charge is 0.390 e. The molecule has 1 amide bonds. The van der Waals surface area contributed by atoms with Gasteiger partial charge in [-0.15, -0.1) is 0 Å². The van der Waals surface area contributed by atoms with Gasteiger partial charge in [-0.25, -0.2) is 13.8 Å². The second-order valence-electron chi connectivity index (χ2n) is 9.01. The summed E-state index contributed by atoms with van der Waals surface area (Å²) >= 11 is 0. The van der Waals surface area contributed by atoms with E-state index in [0.717, 1.165) is 36.6 Å². The summed E-state index contributed by atoms with van der Waals surface area (Å²) in [5.41, 5.74) is 4.95. The minimum absolute atomic E-state index is 0.0520. The van der Waals surface area contributed by atoms with Crippen LogP contribution in [-0.4, -0.2) is 39.3 Å². The van der Waals surface area contributed by atoms with Crippen LogP contribution in [0.25, 0.3) is 11.3 Å². The summed E-state index contributed by atoms with van der Waals surface area (Å²) in [5.74, 6) is -1.69. The maximum absolute atomic E-state index is 13.6. The molecule has 6 nitrogen and oxygen atoms in total. The molecule has 8 heteroatoms. The van der Waals surface area contributed by atoms with Crippen LogP contribution in [0.1, 0.15) is 42.5 Å². The van der Waals surface area contributed by atoms with E-state index >= 15 is 0 Å². The Hall–Kier alpha value is -3.10. The van der Waals surface area contributed by atoms with E-state index in [4.69, 9.17) is 0 Å². The number of fused-ring (bicyclic) bond motifs is 1. The number of aryl methyl sites for hydroxylation is 2. The zero-order valence-corrected chi connectivity index (χ0v) is 19.4. The number of benzene rings is 2. The maximum Gasteiger partial charge on any atom is 0.217 e. The van der Waals surface area contributed by atoms with Gasteiger partial charge in [-0.05, 0) is 60.6 Å². The van der Waals surface area contributed by atoms with Gasteiger partial charge in [0.25, 0.3) is 0 Å². The number of aliphatic hydroxyl groups excluding tert-OH is 1. The standard InChI is InChI=1S/C26H30F2N4O2/c1-16(33)31-24(10-17-8-20(27)12-21(28)9-17)26(34)14-30-23-5-3-4-18-6-7-19(11-22(18)23)25-13-29-15-32(25)2/h6-9,11-13,15,23-24,26,30,34H,3-5,10,14H2,1-2H3,(H,31,33)/t23-,24-,26+/m0/s1. The lowest BCUT2D eigenvalue weighted by Gasteiger charge is -2.30. The number of carbonyl (C=O) groups excluding carboxylic acids is 1. The second kappa shape index (κ2) is 10.4. The number of aromatic nitrogens is 2. The van der Waals surface area contributed by atoms with Crippen LogP contribution in [0, 0.1) is 11.6 Å². The molecule has 0 spiro atoms. The van der Waals surface area contributed by atoms with Gasteiger partial charge < -0.3 is 20.3 Å². The average molecular weight is 469 g/mol. The summed E-state index contributed by atoms with van der Waals surface area (Å²) in [6.07, 6.45) is 5.74. The van der Waals surface area contributed by atoms with Crippen molar-refractivity contribution in [3.05, 3.63) is 77.2 Å². The molecule has 0 radical (unpaired) electrons. The van der Waals surface area contributed by atoms with Gasteiger partial charge in [-0.2, -0.15) is 0 Å². The van der Waals surface area contributed by atoms with E-state index in [1.165, 1.54) is 30.2 Å². The highest BCUT2D eigenvalue weighted by atomic mass is 19.1. The molecule has 0 unspecified atom stereocenters. The summed E-state index contributed by atoms with van der Waals surface area (Å²) in [4.78, 5) is 15.9. The first-order chi connectivity index (χ1) is 16.3. The minimum atomic E-state index is -0.944. The Morgan fingerprint density at radius 1 is 1.24 bits per heavy atom. The van der Waals surface area contributed by atoms with E-state index in [-0.39, 0.29) is 24.9 Å². The van der Waals surface area contributed by atoms with Crippen LogP contribution in [-0.2, 0) is 24.7 Å². The first kappa shape index (κ1) is 24.0. The molecule has 3 atom stereocenters. The first-order valence-electron chi connectivity index (χ1n) is 11.5. The Balaban J connectivity index is 1.48. The third kappa shape index (κ3) is 5.69. The van der Waals surface area contributed by atoms with E-state index in [1.807, 2.05) is 17.8 Å². The number of nitrogens with zero attached hydrogens (tertiary/aromatic N) is 2. The number of carbonyl (C=O) groups is 1. The van der Waals surface area contributed by atoms with Gasteiger partial charge >= 0.3 is 0 Å². The smallest absolute Gasteiger partial charge is 0.217 e. The van der Waals surface area contributed by atoms with Gasteiger partial charge in [-0.1, -0.05) is 12.1 Å². The van der Waals surface area contributed by atoms with E-state index in [0.29, 0.717) is 5.56 Å². The Morgan fingerprint density at radius 3 is 2.68 bits per heavy atom. The number of nitrogens with one attached hydrogen (secondary N) is 2. The Kier molecular flexibility index (Phi) is 7.38. The molecule has 0 saturated carbocycles. The number of aliphatic hydroxyl groups is 1. The monoisotopic (exact) mass is 468 g/mol. The molecule has 1 aromatic heterocycles. The highest BCUT2D eigenvalue weighted by Gasteiger charge is 2.25. The number of imidazole rings is 1. The summed E-state index contributed by atoms with van der Waals surface area (Å²) in [6.45, 7) is 1.58. The summed E-state index contributed by atoms with van der Waals surface area (Å²) in [7, 11) is 1.96. The molecule has 180 valence electrons. The molecule has 2 aromatic carbocycles. The Labute approximate surface area is 198 Å². The van der Waals surface area contributed by atoms with E-state index < -0.39 is 23.8 Å². The average Bonchev–Trinajstić information content (AvgIpc) is 3.21. The molecule has 0 bridgehead atoms. The molecule has 4 rings (SSSR count). The van der Waals surface area contributed by atoms with Crippen LogP contribution in [0.2, 0.25) is 0 Å². The van der Waals surface area contributed by atoms with Crippen LogP contribution in [0.5, 0.6) is 0 Å². The van der Waals surface area contributed by atoms with Gasteiger partial charge in [0.1, 0.15) is 11.6 Å². The van der Waals surface area contributed by atoms with E-state index in [2.05, 4.69) is 33.8 Å². The molecule has 0 saturated heterocycles. The normalized spacial score (nSPS) is 17.1. The van der Waals surface area contributed by atoms with Gasteiger partial charge in [0, 0.05) is 38.2 Å². The van der Waals surface area contributed by atoms with Gasteiger partial charge in [0.05, 0.1) is 30.4 Å². The molecule has 1 heterocycles. The van der Waals surface area contributed by atoms with Crippen molar-refractivity contribution in [2.45, 2.75) is 50.8 Å². The number of halogens is 2. The maximum atomic E-state index is 13.6. The highest BCUT2D eigenvalue weighted by Crippen LogP contribution is 2.33. The number of hydrogen-bond acceptors (Lipinski definition) is 4. The van der Waals surface area contributed by atoms with Crippen LogP contribution < -0.4 is 10.6 Å². The molecule has 34 heavy (non-hydrogen) atoms. The van der Waals surface area contributed by atoms with Crippen molar-refractivity contribution in [3.8, 4) is 11.3 Å². The van der Waals surface area contributed by atoms with Gasteiger partial charge in [0.15, 0.2) is 0 Å². The van der Waals surface area contributed by atoms with Crippen molar-refractivity contribution < 1.29 is 18.7 Å². The third-order valence-electron chi connectivity index (χ3n) is 6.38. The van der Waals surface area contributed by atoms with Crippen molar-refractivity contribution in [1.29, 1.82) is 0 Å². The molecule has 1 aliphatic carbocycles. The third-order valence-corrected chi connectivity index (χ3v) is 6.38. The lowest BCUT2D eigenvalue weighted by Crippen LogP contribution is -2.48. The SMILES string of the molecule is CC(=O)N[C@@H](Cc1cc(F)cc(F)c1)[C@H](O)CN[C@H]1CCCc2ccc(-c3cncn3C)cc21. The summed E-state index contributed by atoms with van der Waals surface area (Å²) < 4.78 is 29.2. The van der Waals surface area contributed by atoms with Crippen molar-refractivity contribution in [2.24, 2.45) is 7.05 Å².